The van der Waals surface area contributed by atoms with Crippen LogP contribution in [0.1, 0.15) is 42.9 Å². The molecule has 0 bridgehead atoms. The molecule has 16 heavy (non-hydrogen) atoms. The van der Waals surface area contributed by atoms with Gasteiger partial charge >= 0.3 is 0 Å². The summed E-state index contributed by atoms with van der Waals surface area (Å²) in [4.78, 5) is 0. The van der Waals surface area contributed by atoms with Gasteiger partial charge < -0.3 is 5.11 Å². The zero-order valence-corrected chi connectivity index (χ0v) is 9.48. The van der Waals surface area contributed by atoms with E-state index in [1.165, 1.54) is 16.3 Å². The van der Waals surface area contributed by atoms with E-state index in [0.29, 0.717) is 5.92 Å². The molecule has 1 aliphatic rings. The average molecular weight is 212 g/mol. The van der Waals surface area contributed by atoms with Crippen LogP contribution in [0.4, 0.5) is 0 Å². The summed E-state index contributed by atoms with van der Waals surface area (Å²) in [6.07, 6.45) is 1.71. The maximum Gasteiger partial charge on any atom is 0.0793 e. The van der Waals surface area contributed by atoms with Crippen molar-refractivity contribution >= 4 is 10.8 Å². The average Bonchev–Trinajstić information content (AvgIpc) is 2.33. The van der Waals surface area contributed by atoms with Crippen LogP contribution in [0.3, 0.4) is 0 Å². The monoisotopic (exact) mass is 212 g/mol. The van der Waals surface area contributed by atoms with Gasteiger partial charge in [0.25, 0.3) is 0 Å². The molecule has 0 fully saturated rings. The van der Waals surface area contributed by atoms with Gasteiger partial charge in [0, 0.05) is 0 Å². The van der Waals surface area contributed by atoms with E-state index in [2.05, 4.69) is 43.3 Å². The predicted octanol–water partition coefficient (Wildman–Crippen LogP) is 3.77. The molecule has 2 aromatic carbocycles. The lowest BCUT2D eigenvalue weighted by atomic mass is 9.79. The Kier molecular flexibility index (Phi) is 2.22. The Morgan fingerprint density at radius 1 is 1.06 bits per heavy atom. The summed E-state index contributed by atoms with van der Waals surface area (Å²) < 4.78 is 0. The Bertz CT molecular complexity index is 530. The van der Waals surface area contributed by atoms with Crippen molar-refractivity contribution in [3.05, 3.63) is 47.5 Å². The first-order valence-corrected chi connectivity index (χ1v) is 5.97. The third kappa shape index (κ3) is 1.35. The summed E-state index contributed by atoms with van der Waals surface area (Å²) in [6.45, 7) is 2.26. The topological polar surface area (TPSA) is 20.2 Å². The summed E-state index contributed by atoms with van der Waals surface area (Å²) in [5.41, 5.74) is 2.49. The highest BCUT2D eigenvalue weighted by Crippen LogP contribution is 2.40. The molecule has 0 amide bonds. The lowest BCUT2D eigenvalue weighted by molar-refractivity contribution is 0.152. The fraction of sp³-hybridized carbons (Fsp3) is 0.333. The molecule has 0 saturated heterocycles. The fourth-order valence-electron chi connectivity index (χ4n) is 2.86. The van der Waals surface area contributed by atoms with Gasteiger partial charge in [-0.25, -0.2) is 0 Å². The third-order valence-electron chi connectivity index (χ3n) is 3.73. The van der Waals surface area contributed by atoms with E-state index in [0.717, 1.165) is 18.4 Å². The van der Waals surface area contributed by atoms with E-state index >= 15 is 0 Å². The van der Waals surface area contributed by atoms with Gasteiger partial charge in [-0.05, 0) is 40.7 Å². The highest BCUT2D eigenvalue weighted by atomic mass is 16.3. The standard InChI is InChI=1S/C15H16O/c1-10-6-9-14(16)13-8-7-11-4-2-3-5-12(11)15(10)13/h2-5,7-8,10,14,16H,6,9H2,1H3. The molecule has 0 spiro atoms. The minimum atomic E-state index is -0.268. The molecule has 0 aromatic heterocycles. The number of aliphatic hydroxyl groups excluding tert-OH is 1. The number of hydrogen-bond donors (Lipinski definition) is 1. The first-order valence-electron chi connectivity index (χ1n) is 5.97. The molecule has 2 atom stereocenters. The lowest BCUT2D eigenvalue weighted by Crippen LogP contribution is -2.12. The van der Waals surface area contributed by atoms with Gasteiger partial charge in [-0.2, -0.15) is 0 Å². The second kappa shape index (κ2) is 3.60. The van der Waals surface area contributed by atoms with E-state index in [9.17, 15) is 5.11 Å². The third-order valence-corrected chi connectivity index (χ3v) is 3.73. The van der Waals surface area contributed by atoms with Crippen LogP contribution < -0.4 is 0 Å². The van der Waals surface area contributed by atoms with Crippen LogP contribution in [0.2, 0.25) is 0 Å². The van der Waals surface area contributed by atoms with E-state index in [4.69, 9.17) is 0 Å². The molecule has 2 unspecified atom stereocenters. The Morgan fingerprint density at radius 3 is 2.75 bits per heavy atom. The molecular formula is C15H16O. The number of aliphatic hydroxyl groups is 1. The van der Waals surface area contributed by atoms with Crippen molar-refractivity contribution in [3.63, 3.8) is 0 Å². The molecule has 1 nitrogen and oxygen atoms in total. The van der Waals surface area contributed by atoms with E-state index in [1.807, 2.05) is 0 Å². The van der Waals surface area contributed by atoms with Crippen molar-refractivity contribution < 1.29 is 5.11 Å². The van der Waals surface area contributed by atoms with E-state index in [1.54, 1.807) is 0 Å². The van der Waals surface area contributed by atoms with Gasteiger partial charge in [0.05, 0.1) is 6.10 Å². The molecule has 0 saturated carbocycles. The van der Waals surface area contributed by atoms with E-state index < -0.39 is 0 Å². The maximum absolute atomic E-state index is 10.0. The summed E-state index contributed by atoms with van der Waals surface area (Å²) in [5, 5.41) is 12.6. The summed E-state index contributed by atoms with van der Waals surface area (Å²) in [6, 6.07) is 12.7. The van der Waals surface area contributed by atoms with Crippen LogP contribution in [0.15, 0.2) is 36.4 Å². The van der Waals surface area contributed by atoms with Gasteiger partial charge in [0.1, 0.15) is 0 Å². The molecule has 1 aliphatic carbocycles. The largest absolute Gasteiger partial charge is 0.388 e. The molecule has 3 rings (SSSR count). The first-order chi connectivity index (χ1) is 7.77. The SMILES string of the molecule is CC1CCC(O)c2ccc3ccccc3c21. The predicted molar refractivity (Wildman–Crippen MR) is 66.6 cm³/mol. The van der Waals surface area contributed by atoms with Crippen LogP contribution in [0.25, 0.3) is 10.8 Å². The number of rotatable bonds is 0. The van der Waals surface area contributed by atoms with Gasteiger partial charge in [-0.1, -0.05) is 43.3 Å². The number of fused-ring (bicyclic) bond motifs is 3. The van der Waals surface area contributed by atoms with Crippen LogP contribution in [-0.4, -0.2) is 5.11 Å². The Labute approximate surface area is 95.7 Å². The minimum absolute atomic E-state index is 0.268. The quantitative estimate of drug-likeness (QED) is 0.704. The van der Waals surface area contributed by atoms with Crippen molar-refractivity contribution in [3.8, 4) is 0 Å². The smallest absolute Gasteiger partial charge is 0.0793 e. The van der Waals surface area contributed by atoms with Crippen molar-refractivity contribution in [2.75, 3.05) is 0 Å². The number of benzene rings is 2. The molecule has 1 heteroatoms. The molecule has 1 N–H and O–H groups in total. The van der Waals surface area contributed by atoms with Crippen molar-refractivity contribution in [2.45, 2.75) is 31.8 Å². The molecule has 2 aromatic rings. The fourth-order valence-corrected chi connectivity index (χ4v) is 2.86. The molecule has 0 radical (unpaired) electrons. The zero-order valence-electron chi connectivity index (χ0n) is 9.48. The van der Waals surface area contributed by atoms with Crippen molar-refractivity contribution in [2.24, 2.45) is 0 Å². The van der Waals surface area contributed by atoms with Gasteiger partial charge in [-0.15, -0.1) is 0 Å². The van der Waals surface area contributed by atoms with Crippen LogP contribution in [0, 0.1) is 0 Å². The van der Waals surface area contributed by atoms with Gasteiger partial charge in [0.15, 0.2) is 0 Å². The van der Waals surface area contributed by atoms with Crippen molar-refractivity contribution in [1.82, 2.24) is 0 Å². The second-order valence-electron chi connectivity index (χ2n) is 4.78. The van der Waals surface area contributed by atoms with Gasteiger partial charge in [0.2, 0.25) is 0 Å². The normalized spacial score (nSPS) is 24.4. The lowest BCUT2D eigenvalue weighted by Gasteiger charge is -2.28. The minimum Gasteiger partial charge on any atom is -0.388 e. The van der Waals surface area contributed by atoms with Gasteiger partial charge in [-0.3, -0.25) is 0 Å². The Hall–Kier alpha value is -1.34. The maximum atomic E-state index is 10.0. The zero-order chi connectivity index (χ0) is 11.1. The van der Waals surface area contributed by atoms with Crippen LogP contribution >= 0.6 is 0 Å². The highest BCUT2D eigenvalue weighted by Gasteiger charge is 2.24. The molecule has 82 valence electrons. The summed E-state index contributed by atoms with van der Waals surface area (Å²) >= 11 is 0. The second-order valence-corrected chi connectivity index (χ2v) is 4.78. The summed E-state index contributed by atoms with van der Waals surface area (Å²) in [5.74, 6) is 0.560. The molecule has 0 aliphatic heterocycles. The van der Waals surface area contributed by atoms with Crippen LogP contribution in [-0.2, 0) is 0 Å². The number of hydrogen-bond acceptors (Lipinski definition) is 1. The van der Waals surface area contributed by atoms with E-state index in [-0.39, 0.29) is 6.10 Å². The highest BCUT2D eigenvalue weighted by molar-refractivity contribution is 5.87. The Balaban J connectivity index is 2.35. The first kappa shape index (κ1) is 9.86. The Morgan fingerprint density at radius 2 is 1.88 bits per heavy atom. The molecular weight excluding hydrogens is 196 g/mol. The molecule has 0 heterocycles. The van der Waals surface area contributed by atoms with Crippen LogP contribution in [0.5, 0.6) is 0 Å². The van der Waals surface area contributed by atoms with Crippen molar-refractivity contribution in [1.29, 1.82) is 0 Å². The summed E-state index contributed by atoms with van der Waals surface area (Å²) in [7, 11) is 0.